The molecule has 1 fully saturated rings. The smallest absolute Gasteiger partial charge is 0.246 e. The lowest BCUT2D eigenvalue weighted by Crippen LogP contribution is -2.44. The van der Waals surface area contributed by atoms with Crippen molar-refractivity contribution in [2.45, 2.75) is 25.4 Å². The third-order valence-corrected chi connectivity index (χ3v) is 3.69. The highest BCUT2D eigenvalue weighted by atomic mass is 16.5. The van der Waals surface area contributed by atoms with Crippen LogP contribution in [0.1, 0.15) is 25.3 Å². The summed E-state index contributed by atoms with van der Waals surface area (Å²) in [7, 11) is 1.62. The van der Waals surface area contributed by atoms with Crippen LogP contribution in [0.2, 0.25) is 0 Å². The first-order valence-corrected chi connectivity index (χ1v) is 6.84. The lowest BCUT2D eigenvalue weighted by molar-refractivity contribution is -0.129. The van der Waals surface area contributed by atoms with Crippen LogP contribution in [0.5, 0.6) is 5.75 Å². The Morgan fingerprint density at radius 3 is 2.45 bits per heavy atom. The van der Waals surface area contributed by atoms with Crippen molar-refractivity contribution in [3.63, 3.8) is 0 Å². The molecule has 1 aliphatic rings. The number of piperidine rings is 1. The number of hydrogen-bond donors (Lipinski definition) is 1. The molecule has 1 aromatic carbocycles. The van der Waals surface area contributed by atoms with Crippen molar-refractivity contribution in [1.82, 2.24) is 4.90 Å². The number of carbonyl (C=O) groups is 1. The van der Waals surface area contributed by atoms with Gasteiger partial charge in [0.15, 0.2) is 0 Å². The van der Waals surface area contributed by atoms with E-state index in [4.69, 9.17) is 4.74 Å². The van der Waals surface area contributed by atoms with Gasteiger partial charge in [0.2, 0.25) is 5.91 Å². The zero-order valence-corrected chi connectivity index (χ0v) is 12.0. The lowest BCUT2D eigenvalue weighted by Gasteiger charge is -2.35. The van der Waals surface area contributed by atoms with Crippen LogP contribution in [0.15, 0.2) is 30.3 Å². The van der Waals surface area contributed by atoms with E-state index < -0.39 is 5.60 Å². The van der Waals surface area contributed by atoms with Crippen LogP contribution in [-0.4, -0.2) is 41.7 Å². The molecule has 2 rings (SSSR count). The van der Waals surface area contributed by atoms with Gasteiger partial charge in [-0.3, -0.25) is 4.79 Å². The van der Waals surface area contributed by atoms with E-state index in [2.05, 4.69) is 0 Å². The van der Waals surface area contributed by atoms with Gasteiger partial charge < -0.3 is 14.7 Å². The topological polar surface area (TPSA) is 49.8 Å². The van der Waals surface area contributed by atoms with Gasteiger partial charge in [-0.05, 0) is 43.5 Å². The number of ether oxygens (including phenoxy) is 1. The molecule has 0 unspecified atom stereocenters. The second-order valence-electron chi connectivity index (χ2n) is 5.43. The molecule has 0 atom stereocenters. The summed E-state index contributed by atoms with van der Waals surface area (Å²) in [6, 6.07) is 7.54. The van der Waals surface area contributed by atoms with Crippen LogP contribution >= 0.6 is 0 Å². The number of benzene rings is 1. The van der Waals surface area contributed by atoms with Gasteiger partial charge in [0.1, 0.15) is 5.75 Å². The van der Waals surface area contributed by atoms with Crippen molar-refractivity contribution in [2.24, 2.45) is 0 Å². The monoisotopic (exact) mass is 275 g/mol. The summed E-state index contributed by atoms with van der Waals surface area (Å²) < 4.78 is 5.09. The number of rotatable bonds is 3. The lowest BCUT2D eigenvalue weighted by atomic mass is 9.94. The highest BCUT2D eigenvalue weighted by Gasteiger charge is 2.28. The Morgan fingerprint density at radius 1 is 1.30 bits per heavy atom. The molecule has 0 bridgehead atoms. The number of nitrogens with zero attached hydrogens (tertiary/aromatic N) is 1. The average molecular weight is 275 g/mol. The van der Waals surface area contributed by atoms with Gasteiger partial charge >= 0.3 is 0 Å². The van der Waals surface area contributed by atoms with E-state index in [0.717, 1.165) is 11.3 Å². The molecule has 1 aromatic rings. The minimum Gasteiger partial charge on any atom is -0.497 e. The molecule has 0 saturated carbocycles. The van der Waals surface area contributed by atoms with Crippen LogP contribution in [0.4, 0.5) is 0 Å². The fraction of sp³-hybridized carbons (Fsp3) is 0.438. The Hall–Kier alpha value is -1.81. The van der Waals surface area contributed by atoms with Gasteiger partial charge in [-0.15, -0.1) is 0 Å². The number of likely N-dealkylation sites (tertiary alicyclic amines) is 1. The Kier molecular flexibility index (Phi) is 4.45. The predicted octanol–water partition coefficient (Wildman–Crippen LogP) is 2.08. The van der Waals surface area contributed by atoms with Crippen molar-refractivity contribution in [1.29, 1.82) is 0 Å². The minimum absolute atomic E-state index is 0.00341. The van der Waals surface area contributed by atoms with Crippen LogP contribution in [0.25, 0.3) is 6.08 Å². The van der Waals surface area contributed by atoms with Crippen molar-refractivity contribution in [2.75, 3.05) is 20.2 Å². The van der Waals surface area contributed by atoms with E-state index in [9.17, 15) is 9.90 Å². The fourth-order valence-electron chi connectivity index (χ4n) is 2.20. The largest absolute Gasteiger partial charge is 0.497 e. The first-order valence-electron chi connectivity index (χ1n) is 6.84. The molecule has 20 heavy (non-hydrogen) atoms. The molecule has 0 aliphatic carbocycles. The second-order valence-corrected chi connectivity index (χ2v) is 5.43. The van der Waals surface area contributed by atoms with Gasteiger partial charge in [0, 0.05) is 19.2 Å². The Balaban J connectivity index is 1.92. The number of hydrogen-bond acceptors (Lipinski definition) is 3. The van der Waals surface area contributed by atoms with E-state index in [1.54, 1.807) is 24.2 Å². The molecule has 1 saturated heterocycles. The van der Waals surface area contributed by atoms with E-state index in [1.807, 2.05) is 31.2 Å². The van der Waals surface area contributed by atoms with Crippen LogP contribution in [0, 0.1) is 0 Å². The van der Waals surface area contributed by atoms with Gasteiger partial charge in [0.05, 0.1) is 12.7 Å². The van der Waals surface area contributed by atoms with Crippen LogP contribution in [0.3, 0.4) is 0 Å². The van der Waals surface area contributed by atoms with E-state index in [1.165, 1.54) is 0 Å². The molecule has 0 spiro atoms. The highest BCUT2D eigenvalue weighted by molar-refractivity contribution is 5.91. The summed E-state index contributed by atoms with van der Waals surface area (Å²) in [6.45, 7) is 3.04. The number of methoxy groups -OCH3 is 1. The first-order chi connectivity index (χ1) is 9.50. The zero-order valence-electron chi connectivity index (χ0n) is 12.0. The number of amides is 1. The number of carbonyl (C=O) groups excluding carboxylic acids is 1. The van der Waals surface area contributed by atoms with Crippen molar-refractivity contribution in [3.05, 3.63) is 35.9 Å². The highest BCUT2D eigenvalue weighted by Crippen LogP contribution is 2.21. The first kappa shape index (κ1) is 14.6. The Labute approximate surface area is 119 Å². The Morgan fingerprint density at radius 2 is 1.90 bits per heavy atom. The minimum atomic E-state index is -0.628. The molecule has 1 N–H and O–H groups in total. The molecule has 108 valence electrons. The molecule has 1 aliphatic heterocycles. The van der Waals surface area contributed by atoms with E-state index >= 15 is 0 Å². The molecule has 1 heterocycles. The maximum atomic E-state index is 12.0. The molecular formula is C16H21NO3. The predicted molar refractivity (Wildman–Crippen MR) is 78.5 cm³/mol. The maximum absolute atomic E-state index is 12.0. The summed E-state index contributed by atoms with van der Waals surface area (Å²) >= 11 is 0. The second kappa shape index (κ2) is 6.09. The van der Waals surface area contributed by atoms with Crippen LogP contribution in [-0.2, 0) is 4.79 Å². The molecule has 1 amide bonds. The SMILES string of the molecule is COc1ccc(/C=C/C(=O)N2CCC(C)(O)CC2)cc1. The summed E-state index contributed by atoms with van der Waals surface area (Å²) in [5.74, 6) is 0.794. The van der Waals surface area contributed by atoms with Crippen molar-refractivity contribution >= 4 is 12.0 Å². The quantitative estimate of drug-likeness (QED) is 0.859. The molecule has 0 aromatic heterocycles. The summed E-state index contributed by atoms with van der Waals surface area (Å²) in [6.07, 6.45) is 4.65. The van der Waals surface area contributed by atoms with E-state index in [-0.39, 0.29) is 5.91 Å². The van der Waals surface area contributed by atoms with Gasteiger partial charge in [-0.2, -0.15) is 0 Å². The molecular weight excluding hydrogens is 254 g/mol. The fourth-order valence-corrected chi connectivity index (χ4v) is 2.20. The Bertz CT molecular complexity index is 481. The van der Waals surface area contributed by atoms with E-state index in [0.29, 0.717) is 25.9 Å². The van der Waals surface area contributed by atoms with Gasteiger partial charge in [-0.25, -0.2) is 0 Å². The standard InChI is InChI=1S/C16H21NO3/c1-16(19)9-11-17(12-10-16)15(18)8-5-13-3-6-14(20-2)7-4-13/h3-8,19H,9-12H2,1-2H3/b8-5+. The third kappa shape index (κ3) is 3.84. The van der Waals surface area contributed by atoms with Crippen molar-refractivity contribution < 1.29 is 14.6 Å². The molecule has 4 nitrogen and oxygen atoms in total. The molecule has 4 heteroatoms. The molecule has 0 radical (unpaired) electrons. The third-order valence-electron chi connectivity index (χ3n) is 3.69. The number of aliphatic hydroxyl groups is 1. The summed E-state index contributed by atoms with van der Waals surface area (Å²) in [5.41, 5.74) is 0.333. The van der Waals surface area contributed by atoms with Crippen LogP contribution < -0.4 is 4.74 Å². The maximum Gasteiger partial charge on any atom is 0.246 e. The average Bonchev–Trinajstić information content (AvgIpc) is 2.45. The summed E-state index contributed by atoms with van der Waals surface area (Å²) in [5, 5.41) is 9.86. The normalized spacial score (nSPS) is 18.2. The van der Waals surface area contributed by atoms with Crippen molar-refractivity contribution in [3.8, 4) is 5.75 Å². The van der Waals surface area contributed by atoms with Gasteiger partial charge in [-0.1, -0.05) is 12.1 Å². The summed E-state index contributed by atoms with van der Waals surface area (Å²) in [4.78, 5) is 13.8. The van der Waals surface area contributed by atoms with Gasteiger partial charge in [0.25, 0.3) is 0 Å². The zero-order chi connectivity index (χ0) is 14.6.